The third kappa shape index (κ3) is 2.97. The predicted octanol–water partition coefficient (Wildman–Crippen LogP) is 4.57. The largest absolute Gasteiger partial charge is 0.320 e. The summed E-state index contributed by atoms with van der Waals surface area (Å²) in [6, 6.07) is 14.3. The SMILES string of the molecule is Cc1ccc(C(N)c2ccc(Br)cc2Br)cc1. The van der Waals surface area contributed by atoms with E-state index in [0.717, 1.165) is 20.1 Å². The highest BCUT2D eigenvalue weighted by molar-refractivity contribution is 9.11. The van der Waals surface area contributed by atoms with Crippen molar-refractivity contribution in [2.24, 2.45) is 5.73 Å². The van der Waals surface area contributed by atoms with Crippen LogP contribution in [0.4, 0.5) is 0 Å². The standard InChI is InChI=1S/C14H13Br2N/c1-9-2-4-10(5-3-9)14(17)12-7-6-11(15)8-13(12)16/h2-8,14H,17H2,1H3. The van der Waals surface area contributed by atoms with E-state index in [9.17, 15) is 0 Å². The van der Waals surface area contributed by atoms with Gasteiger partial charge >= 0.3 is 0 Å². The molecule has 0 bridgehead atoms. The van der Waals surface area contributed by atoms with Gasteiger partial charge in [-0.15, -0.1) is 0 Å². The van der Waals surface area contributed by atoms with E-state index in [1.807, 2.05) is 18.2 Å². The topological polar surface area (TPSA) is 26.0 Å². The second kappa shape index (κ2) is 5.34. The zero-order chi connectivity index (χ0) is 12.4. The first kappa shape index (κ1) is 12.8. The molecule has 1 unspecified atom stereocenters. The van der Waals surface area contributed by atoms with Crippen LogP contribution in [0.1, 0.15) is 22.7 Å². The summed E-state index contributed by atoms with van der Waals surface area (Å²) in [6.45, 7) is 2.07. The Morgan fingerprint density at radius 3 is 2.24 bits per heavy atom. The van der Waals surface area contributed by atoms with E-state index in [-0.39, 0.29) is 6.04 Å². The summed E-state index contributed by atoms with van der Waals surface area (Å²) in [6.07, 6.45) is 0. The molecule has 2 rings (SSSR count). The normalized spacial score (nSPS) is 12.5. The van der Waals surface area contributed by atoms with Crippen LogP contribution < -0.4 is 5.73 Å². The zero-order valence-corrected chi connectivity index (χ0v) is 12.6. The van der Waals surface area contributed by atoms with Crippen LogP contribution in [0.3, 0.4) is 0 Å². The minimum absolute atomic E-state index is 0.0990. The number of halogens is 2. The minimum atomic E-state index is -0.0990. The van der Waals surface area contributed by atoms with E-state index in [1.54, 1.807) is 0 Å². The number of hydrogen-bond acceptors (Lipinski definition) is 1. The molecule has 88 valence electrons. The van der Waals surface area contributed by atoms with Gasteiger partial charge in [0.25, 0.3) is 0 Å². The van der Waals surface area contributed by atoms with Gasteiger partial charge in [0, 0.05) is 8.95 Å². The van der Waals surface area contributed by atoms with Crippen LogP contribution in [0.15, 0.2) is 51.4 Å². The van der Waals surface area contributed by atoms with Crippen LogP contribution in [0.25, 0.3) is 0 Å². The summed E-state index contributed by atoms with van der Waals surface area (Å²) in [5.74, 6) is 0. The minimum Gasteiger partial charge on any atom is -0.320 e. The van der Waals surface area contributed by atoms with E-state index in [1.165, 1.54) is 5.56 Å². The summed E-state index contributed by atoms with van der Waals surface area (Å²) in [5, 5.41) is 0. The van der Waals surface area contributed by atoms with Gasteiger partial charge in [0.15, 0.2) is 0 Å². The lowest BCUT2D eigenvalue weighted by Gasteiger charge is -2.15. The Morgan fingerprint density at radius 1 is 1.00 bits per heavy atom. The Balaban J connectivity index is 2.36. The number of rotatable bonds is 2. The summed E-state index contributed by atoms with van der Waals surface area (Å²) in [4.78, 5) is 0. The summed E-state index contributed by atoms with van der Waals surface area (Å²) >= 11 is 6.99. The Kier molecular flexibility index (Phi) is 4.02. The molecule has 0 saturated carbocycles. The molecule has 1 nitrogen and oxygen atoms in total. The van der Waals surface area contributed by atoms with E-state index < -0.39 is 0 Å². The first-order chi connectivity index (χ1) is 8.08. The molecule has 0 radical (unpaired) electrons. The fourth-order valence-electron chi connectivity index (χ4n) is 1.71. The van der Waals surface area contributed by atoms with Gasteiger partial charge in [-0.25, -0.2) is 0 Å². The second-order valence-electron chi connectivity index (χ2n) is 4.05. The smallest absolute Gasteiger partial charge is 0.0562 e. The van der Waals surface area contributed by atoms with Gasteiger partial charge in [-0.1, -0.05) is 67.8 Å². The lowest BCUT2D eigenvalue weighted by atomic mass is 9.99. The lowest BCUT2D eigenvalue weighted by Crippen LogP contribution is -2.12. The van der Waals surface area contributed by atoms with Crippen LogP contribution in [-0.4, -0.2) is 0 Å². The molecule has 0 amide bonds. The monoisotopic (exact) mass is 353 g/mol. The van der Waals surface area contributed by atoms with E-state index in [0.29, 0.717) is 0 Å². The first-order valence-corrected chi connectivity index (χ1v) is 6.93. The van der Waals surface area contributed by atoms with Crippen molar-refractivity contribution in [1.29, 1.82) is 0 Å². The fraction of sp³-hybridized carbons (Fsp3) is 0.143. The van der Waals surface area contributed by atoms with Crippen LogP contribution in [0.2, 0.25) is 0 Å². The van der Waals surface area contributed by atoms with Crippen LogP contribution in [-0.2, 0) is 0 Å². The van der Waals surface area contributed by atoms with Gasteiger partial charge < -0.3 is 5.73 Å². The third-order valence-electron chi connectivity index (χ3n) is 2.73. The number of nitrogens with two attached hydrogens (primary N) is 1. The van der Waals surface area contributed by atoms with Gasteiger partial charge in [0.2, 0.25) is 0 Å². The summed E-state index contributed by atoms with van der Waals surface area (Å²) in [5.41, 5.74) is 9.74. The first-order valence-electron chi connectivity index (χ1n) is 5.35. The Bertz CT molecular complexity index is 520. The number of aryl methyl sites for hydroxylation is 1. The maximum absolute atomic E-state index is 6.27. The van der Waals surface area contributed by atoms with Crippen LogP contribution in [0.5, 0.6) is 0 Å². The lowest BCUT2D eigenvalue weighted by molar-refractivity contribution is 0.865. The van der Waals surface area contributed by atoms with Crippen molar-refractivity contribution < 1.29 is 0 Å². The van der Waals surface area contributed by atoms with Crippen molar-refractivity contribution in [2.75, 3.05) is 0 Å². The van der Waals surface area contributed by atoms with E-state index >= 15 is 0 Å². The highest BCUT2D eigenvalue weighted by Gasteiger charge is 2.12. The molecule has 0 saturated heterocycles. The van der Waals surface area contributed by atoms with Crippen molar-refractivity contribution in [3.63, 3.8) is 0 Å². The quantitative estimate of drug-likeness (QED) is 0.839. The molecular formula is C14H13Br2N. The average Bonchev–Trinajstić information content (AvgIpc) is 2.29. The van der Waals surface area contributed by atoms with Gasteiger partial charge in [-0.3, -0.25) is 0 Å². The fourth-order valence-corrected chi connectivity index (χ4v) is 3.00. The van der Waals surface area contributed by atoms with Crippen molar-refractivity contribution in [2.45, 2.75) is 13.0 Å². The molecular weight excluding hydrogens is 342 g/mol. The molecule has 2 aromatic rings. The molecule has 0 fully saturated rings. The Hall–Kier alpha value is -0.640. The molecule has 0 spiro atoms. The second-order valence-corrected chi connectivity index (χ2v) is 5.82. The molecule has 2 N–H and O–H groups in total. The Morgan fingerprint density at radius 2 is 1.65 bits per heavy atom. The molecule has 1 atom stereocenters. The van der Waals surface area contributed by atoms with Gasteiger partial charge in [-0.2, -0.15) is 0 Å². The molecule has 3 heteroatoms. The maximum Gasteiger partial charge on any atom is 0.0562 e. The number of benzene rings is 2. The van der Waals surface area contributed by atoms with Crippen LogP contribution in [0, 0.1) is 6.92 Å². The maximum atomic E-state index is 6.27. The van der Waals surface area contributed by atoms with Gasteiger partial charge in [0.1, 0.15) is 0 Å². The van der Waals surface area contributed by atoms with E-state index in [4.69, 9.17) is 5.73 Å². The number of hydrogen-bond donors (Lipinski definition) is 1. The molecule has 0 aromatic heterocycles. The third-order valence-corrected chi connectivity index (χ3v) is 3.91. The molecule has 0 aliphatic carbocycles. The van der Waals surface area contributed by atoms with Crippen molar-refractivity contribution in [1.82, 2.24) is 0 Å². The van der Waals surface area contributed by atoms with E-state index in [2.05, 4.69) is 63.0 Å². The highest BCUT2D eigenvalue weighted by Crippen LogP contribution is 2.29. The summed E-state index contributed by atoms with van der Waals surface area (Å²) < 4.78 is 2.07. The van der Waals surface area contributed by atoms with Crippen molar-refractivity contribution in [3.8, 4) is 0 Å². The van der Waals surface area contributed by atoms with Crippen molar-refractivity contribution >= 4 is 31.9 Å². The average molecular weight is 355 g/mol. The zero-order valence-electron chi connectivity index (χ0n) is 9.45. The molecule has 0 aliphatic rings. The molecule has 2 aromatic carbocycles. The predicted molar refractivity (Wildman–Crippen MR) is 79.1 cm³/mol. The molecule has 0 heterocycles. The van der Waals surface area contributed by atoms with Crippen LogP contribution >= 0.6 is 31.9 Å². The summed E-state index contributed by atoms with van der Waals surface area (Å²) in [7, 11) is 0. The van der Waals surface area contributed by atoms with Gasteiger partial charge in [-0.05, 0) is 30.2 Å². The van der Waals surface area contributed by atoms with Crippen molar-refractivity contribution in [3.05, 3.63) is 68.1 Å². The molecule has 0 aliphatic heterocycles. The van der Waals surface area contributed by atoms with Gasteiger partial charge in [0.05, 0.1) is 6.04 Å². The highest BCUT2D eigenvalue weighted by atomic mass is 79.9. The Labute approximate surface area is 118 Å². The molecule has 17 heavy (non-hydrogen) atoms.